The molecule has 1 aromatic rings. The highest BCUT2D eigenvalue weighted by Crippen LogP contribution is 2.11. The van der Waals surface area contributed by atoms with Gasteiger partial charge in [-0.2, -0.15) is 5.10 Å². The zero-order valence-corrected chi connectivity index (χ0v) is 10.8. The summed E-state index contributed by atoms with van der Waals surface area (Å²) in [4.78, 5) is 0. The molecule has 88 valence electrons. The van der Waals surface area contributed by atoms with Crippen molar-refractivity contribution in [2.75, 3.05) is 0 Å². The van der Waals surface area contributed by atoms with Crippen molar-refractivity contribution in [2.24, 2.45) is 7.05 Å². The summed E-state index contributed by atoms with van der Waals surface area (Å²) in [6.07, 6.45) is 6.81. The highest BCUT2D eigenvalue weighted by Gasteiger charge is 1.97. The van der Waals surface area contributed by atoms with Crippen LogP contribution in [0.5, 0.6) is 0 Å². The van der Waals surface area contributed by atoms with Gasteiger partial charge in [0.05, 0.1) is 5.69 Å². The molecule has 1 rings (SSSR count). The summed E-state index contributed by atoms with van der Waals surface area (Å²) < 4.78 is 1.77. The van der Waals surface area contributed by atoms with Gasteiger partial charge in [0, 0.05) is 13.2 Å². The minimum absolute atomic E-state index is 0.910. The molecule has 0 aliphatic heterocycles. The van der Waals surface area contributed by atoms with Crippen LogP contribution >= 0.6 is 0 Å². The van der Waals surface area contributed by atoms with Crippen molar-refractivity contribution < 1.29 is 0 Å². The van der Waals surface area contributed by atoms with Crippen molar-refractivity contribution in [2.45, 2.75) is 27.2 Å². The number of nitrogens with zero attached hydrogens (tertiary/aromatic N) is 2. The van der Waals surface area contributed by atoms with Crippen LogP contribution in [0.2, 0.25) is 0 Å². The van der Waals surface area contributed by atoms with Crippen LogP contribution in [-0.2, 0) is 7.05 Å². The Kier molecular flexibility index (Phi) is 6.93. The van der Waals surface area contributed by atoms with E-state index in [0.717, 1.165) is 23.3 Å². The first-order chi connectivity index (χ1) is 7.63. The van der Waals surface area contributed by atoms with Gasteiger partial charge in [-0.3, -0.25) is 4.68 Å². The van der Waals surface area contributed by atoms with Crippen LogP contribution in [0, 0.1) is 0 Å². The Balaban J connectivity index is 0.00000106. The summed E-state index contributed by atoms with van der Waals surface area (Å²) in [5.74, 6) is 0. The van der Waals surface area contributed by atoms with Gasteiger partial charge in [-0.1, -0.05) is 51.7 Å². The van der Waals surface area contributed by atoms with E-state index in [-0.39, 0.29) is 0 Å². The molecule has 0 fully saturated rings. The molecule has 0 saturated heterocycles. The number of rotatable bonds is 4. The first-order valence-corrected chi connectivity index (χ1v) is 5.68. The molecule has 2 nitrogen and oxygen atoms in total. The molecular formula is C14H22N2. The van der Waals surface area contributed by atoms with E-state index >= 15 is 0 Å². The summed E-state index contributed by atoms with van der Waals surface area (Å²) in [7, 11) is 1.89. The zero-order valence-electron chi connectivity index (χ0n) is 10.8. The van der Waals surface area contributed by atoms with Crippen molar-refractivity contribution in [1.29, 1.82) is 0 Å². The molecule has 0 amide bonds. The summed E-state index contributed by atoms with van der Waals surface area (Å²) in [5.41, 5.74) is 2.93. The maximum Gasteiger partial charge on any atom is 0.0917 e. The lowest BCUT2D eigenvalue weighted by atomic mass is 10.1. The smallest absolute Gasteiger partial charge is 0.0917 e. The second-order valence-electron chi connectivity index (χ2n) is 3.25. The molecule has 0 aliphatic rings. The fraction of sp³-hybridized carbons (Fsp3) is 0.357. The standard InChI is InChI=1S/C12H16N2.C2H6/c1-5-10(2)6-7-11(3)12-8-9-14(4)13-12;1-2/h6-9H,2-3,5H2,1,4H3;1-2H3/b7-6-;. The van der Waals surface area contributed by atoms with E-state index in [9.17, 15) is 0 Å². The van der Waals surface area contributed by atoms with Gasteiger partial charge in [0.2, 0.25) is 0 Å². The molecule has 0 saturated carbocycles. The third-order valence-electron chi connectivity index (χ3n) is 2.02. The molecule has 0 aromatic carbocycles. The SMILES string of the molecule is C=C(/C=C\C(=C)c1ccn(C)n1)CC.CC. The van der Waals surface area contributed by atoms with Gasteiger partial charge in [-0.25, -0.2) is 0 Å². The lowest BCUT2D eigenvalue weighted by Crippen LogP contribution is -1.88. The van der Waals surface area contributed by atoms with Gasteiger partial charge in [-0.05, 0) is 18.1 Å². The Morgan fingerprint density at radius 1 is 1.38 bits per heavy atom. The van der Waals surface area contributed by atoms with Crippen LogP contribution in [0.25, 0.3) is 5.57 Å². The molecule has 0 spiro atoms. The molecule has 0 aliphatic carbocycles. The van der Waals surface area contributed by atoms with Crippen LogP contribution in [-0.4, -0.2) is 9.78 Å². The second-order valence-corrected chi connectivity index (χ2v) is 3.25. The number of aromatic nitrogens is 2. The van der Waals surface area contributed by atoms with Gasteiger partial charge in [0.15, 0.2) is 0 Å². The van der Waals surface area contributed by atoms with Crippen LogP contribution in [0.15, 0.2) is 43.1 Å². The number of hydrogen-bond donors (Lipinski definition) is 0. The minimum Gasteiger partial charge on any atom is -0.275 e. The summed E-state index contributed by atoms with van der Waals surface area (Å²) >= 11 is 0. The third kappa shape index (κ3) is 4.78. The van der Waals surface area contributed by atoms with Crippen molar-refractivity contribution in [3.63, 3.8) is 0 Å². The monoisotopic (exact) mass is 218 g/mol. The number of allylic oxidation sites excluding steroid dienone is 4. The third-order valence-corrected chi connectivity index (χ3v) is 2.02. The van der Waals surface area contributed by atoms with E-state index in [1.807, 2.05) is 45.3 Å². The fourth-order valence-electron chi connectivity index (χ4n) is 1.01. The number of hydrogen-bond acceptors (Lipinski definition) is 1. The van der Waals surface area contributed by atoms with E-state index in [2.05, 4.69) is 25.2 Å². The van der Waals surface area contributed by atoms with E-state index in [1.165, 1.54) is 0 Å². The van der Waals surface area contributed by atoms with E-state index < -0.39 is 0 Å². The largest absolute Gasteiger partial charge is 0.275 e. The van der Waals surface area contributed by atoms with Gasteiger partial charge in [0.1, 0.15) is 0 Å². The molecule has 16 heavy (non-hydrogen) atoms. The van der Waals surface area contributed by atoms with Crippen LogP contribution in [0.4, 0.5) is 0 Å². The molecule has 2 heteroatoms. The topological polar surface area (TPSA) is 17.8 Å². The van der Waals surface area contributed by atoms with Crippen LogP contribution in [0.1, 0.15) is 32.9 Å². The molecular weight excluding hydrogens is 196 g/mol. The maximum atomic E-state index is 4.25. The molecule has 0 bridgehead atoms. The second kappa shape index (κ2) is 7.69. The Morgan fingerprint density at radius 3 is 2.44 bits per heavy atom. The predicted molar refractivity (Wildman–Crippen MR) is 72.2 cm³/mol. The maximum absolute atomic E-state index is 4.25. The van der Waals surface area contributed by atoms with Gasteiger partial charge >= 0.3 is 0 Å². The molecule has 0 radical (unpaired) electrons. The van der Waals surface area contributed by atoms with E-state index in [0.29, 0.717) is 0 Å². The summed E-state index contributed by atoms with van der Waals surface area (Å²) in [6, 6.07) is 1.95. The number of aryl methyl sites for hydroxylation is 1. The average Bonchev–Trinajstić information content (AvgIpc) is 2.75. The Hall–Kier alpha value is -1.57. The van der Waals surface area contributed by atoms with Crippen molar-refractivity contribution in [3.8, 4) is 0 Å². The Labute approximate surface area is 99.0 Å². The first-order valence-electron chi connectivity index (χ1n) is 5.68. The average molecular weight is 218 g/mol. The highest BCUT2D eigenvalue weighted by molar-refractivity contribution is 5.69. The van der Waals surface area contributed by atoms with Crippen molar-refractivity contribution >= 4 is 5.57 Å². The van der Waals surface area contributed by atoms with Crippen LogP contribution in [0.3, 0.4) is 0 Å². The van der Waals surface area contributed by atoms with Crippen LogP contribution < -0.4 is 0 Å². The minimum atomic E-state index is 0.910. The Morgan fingerprint density at radius 2 is 2.00 bits per heavy atom. The normalized spacial score (nSPS) is 9.75. The lowest BCUT2D eigenvalue weighted by molar-refractivity contribution is 0.763. The van der Waals surface area contributed by atoms with Crippen molar-refractivity contribution in [1.82, 2.24) is 9.78 Å². The quantitative estimate of drug-likeness (QED) is 0.699. The first kappa shape index (κ1) is 14.4. The zero-order chi connectivity index (χ0) is 12.6. The van der Waals surface area contributed by atoms with E-state index in [4.69, 9.17) is 0 Å². The van der Waals surface area contributed by atoms with E-state index in [1.54, 1.807) is 4.68 Å². The molecule has 1 heterocycles. The van der Waals surface area contributed by atoms with Crippen molar-refractivity contribution in [3.05, 3.63) is 48.8 Å². The highest BCUT2D eigenvalue weighted by atomic mass is 15.2. The predicted octanol–water partition coefficient (Wildman–Crippen LogP) is 3.98. The van der Waals surface area contributed by atoms with Gasteiger partial charge < -0.3 is 0 Å². The Bertz CT molecular complexity index is 370. The molecule has 0 N–H and O–H groups in total. The molecule has 1 aromatic heterocycles. The molecule has 0 atom stereocenters. The molecule has 0 unspecified atom stereocenters. The lowest BCUT2D eigenvalue weighted by Gasteiger charge is -1.95. The fourth-order valence-corrected chi connectivity index (χ4v) is 1.01. The van der Waals surface area contributed by atoms with Gasteiger partial charge in [-0.15, -0.1) is 0 Å². The van der Waals surface area contributed by atoms with Gasteiger partial charge in [0.25, 0.3) is 0 Å². The summed E-state index contributed by atoms with van der Waals surface area (Å²) in [6.45, 7) is 13.9. The summed E-state index contributed by atoms with van der Waals surface area (Å²) in [5, 5.41) is 4.25.